The van der Waals surface area contributed by atoms with Crippen LogP contribution in [0, 0.1) is 0 Å². The van der Waals surface area contributed by atoms with E-state index >= 15 is 0 Å². The van der Waals surface area contributed by atoms with Gasteiger partial charge in [0, 0.05) is 25.2 Å². The van der Waals surface area contributed by atoms with Gasteiger partial charge >= 0.3 is 11.9 Å². The molecule has 2 heterocycles. The standard InChI is InChI=1S/C25H27N3O6/c1-31-24(29)21-22(26-28(23(21)25(30)32-2)18-8-4-3-5-9-18)19-10-6-7-11-20(19)34-17-14-27-12-15-33-16-13-27/h3-11H,12-17H2,1-2H3. The Morgan fingerprint density at radius 1 is 0.941 bits per heavy atom. The van der Waals surface area contributed by atoms with Gasteiger partial charge in [-0.15, -0.1) is 0 Å². The molecular weight excluding hydrogens is 438 g/mol. The van der Waals surface area contributed by atoms with E-state index in [4.69, 9.17) is 18.9 Å². The summed E-state index contributed by atoms with van der Waals surface area (Å²) in [5.41, 5.74) is 1.45. The summed E-state index contributed by atoms with van der Waals surface area (Å²) in [6.07, 6.45) is 0. The molecule has 0 atom stereocenters. The van der Waals surface area contributed by atoms with Gasteiger partial charge in [0.15, 0.2) is 5.69 Å². The third kappa shape index (κ3) is 4.95. The maximum Gasteiger partial charge on any atom is 0.357 e. The van der Waals surface area contributed by atoms with Crippen molar-refractivity contribution in [1.82, 2.24) is 14.7 Å². The highest BCUT2D eigenvalue weighted by Crippen LogP contribution is 2.35. The summed E-state index contributed by atoms with van der Waals surface area (Å²) in [5, 5.41) is 4.66. The van der Waals surface area contributed by atoms with Gasteiger partial charge in [0.25, 0.3) is 0 Å². The second-order valence-electron chi connectivity index (χ2n) is 7.60. The van der Waals surface area contributed by atoms with Crippen LogP contribution in [0.15, 0.2) is 54.6 Å². The van der Waals surface area contributed by atoms with Gasteiger partial charge in [0.05, 0.1) is 33.1 Å². The summed E-state index contributed by atoms with van der Waals surface area (Å²) in [5.74, 6) is -0.843. The molecule has 9 heteroatoms. The Labute approximate surface area is 197 Å². The lowest BCUT2D eigenvalue weighted by Crippen LogP contribution is -2.38. The van der Waals surface area contributed by atoms with E-state index in [1.54, 1.807) is 18.2 Å². The Kier molecular flexibility index (Phi) is 7.56. The predicted molar refractivity (Wildman–Crippen MR) is 124 cm³/mol. The van der Waals surface area contributed by atoms with E-state index in [1.165, 1.54) is 18.9 Å². The number of hydrogen-bond acceptors (Lipinski definition) is 8. The lowest BCUT2D eigenvalue weighted by atomic mass is 10.0. The van der Waals surface area contributed by atoms with Gasteiger partial charge < -0.3 is 18.9 Å². The number of benzene rings is 2. The molecule has 2 aromatic carbocycles. The molecule has 0 aliphatic carbocycles. The third-order valence-corrected chi connectivity index (χ3v) is 5.57. The Balaban J connectivity index is 1.76. The molecule has 1 fully saturated rings. The van der Waals surface area contributed by atoms with Crippen LogP contribution >= 0.6 is 0 Å². The number of nitrogens with zero attached hydrogens (tertiary/aromatic N) is 3. The summed E-state index contributed by atoms with van der Waals surface area (Å²) < 4.78 is 22.9. The molecule has 1 aromatic heterocycles. The quantitative estimate of drug-likeness (QED) is 0.469. The highest BCUT2D eigenvalue weighted by atomic mass is 16.5. The number of para-hydroxylation sites is 2. The number of hydrogen-bond donors (Lipinski definition) is 0. The van der Waals surface area contributed by atoms with Crippen LogP contribution in [0.2, 0.25) is 0 Å². The smallest absolute Gasteiger partial charge is 0.357 e. The number of morpholine rings is 1. The van der Waals surface area contributed by atoms with Crippen molar-refractivity contribution in [1.29, 1.82) is 0 Å². The van der Waals surface area contributed by atoms with Crippen LogP contribution in [0.3, 0.4) is 0 Å². The minimum Gasteiger partial charge on any atom is -0.492 e. The molecule has 1 aliphatic rings. The Morgan fingerprint density at radius 2 is 1.62 bits per heavy atom. The minimum absolute atomic E-state index is 0.0151. The van der Waals surface area contributed by atoms with E-state index in [0.717, 1.165) is 19.6 Å². The van der Waals surface area contributed by atoms with E-state index in [-0.39, 0.29) is 17.0 Å². The van der Waals surface area contributed by atoms with Gasteiger partial charge in [0.1, 0.15) is 23.6 Å². The minimum atomic E-state index is -0.700. The number of ether oxygens (including phenoxy) is 4. The molecule has 0 spiro atoms. The van der Waals surface area contributed by atoms with Crippen LogP contribution in [0.5, 0.6) is 5.75 Å². The number of rotatable bonds is 8. The van der Waals surface area contributed by atoms with Crippen LogP contribution in [-0.4, -0.2) is 80.3 Å². The third-order valence-electron chi connectivity index (χ3n) is 5.57. The molecule has 1 saturated heterocycles. The first kappa shape index (κ1) is 23.5. The molecule has 0 amide bonds. The average molecular weight is 466 g/mol. The molecule has 3 aromatic rings. The van der Waals surface area contributed by atoms with Gasteiger partial charge in [-0.05, 0) is 24.3 Å². The number of methoxy groups -OCH3 is 2. The molecule has 0 saturated carbocycles. The first-order valence-corrected chi connectivity index (χ1v) is 11.0. The molecule has 0 unspecified atom stereocenters. The zero-order valence-corrected chi connectivity index (χ0v) is 19.2. The summed E-state index contributed by atoms with van der Waals surface area (Å²) >= 11 is 0. The first-order chi connectivity index (χ1) is 16.6. The number of esters is 2. The van der Waals surface area contributed by atoms with Gasteiger partial charge in [-0.25, -0.2) is 14.3 Å². The topological polar surface area (TPSA) is 92.1 Å². The molecule has 9 nitrogen and oxygen atoms in total. The molecule has 4 rings (SSSR count). The fraction of sp³-hybridized carbons (Fsp3) is 0.320. The number of aromatic nitrogens is 2. The Morgan fingerprint density at radius 3 is 2.32 bits per heavy atom. The summed E-state index contributed by atoms with van der Waals surface area (Å²) in [7, 11) is 2.52. The second-order valence-corrected chi connectivity index (χ2v) is 7.60. The maximum atomic E-state index is 12.9. The lowest BCUT2D eigenvalue weighted by molar-refractivity contribution is 0.0323. The van der Waals surface area contributed by atoms with Crippen molar-refractivity contribution >= 4 is 11.9 Å². The highest BCUT2D eigenvalue weighted by Gasteiger charge is 2.32. The summed E-state index contributed by atoms with van der Waals surface area (Å²) in [4.78, 5) is 27.9. The van der Waals surface area contributed by atoms with Crippen molar-refractivity contribution in [2.24, 2.45) is 0 Å². The van der Waals surface area contributed by atoms with Crippen molar-refractivity contribution in [3.63, 3.8) is 0 Å². The zero-order chi connectivity index (χ0) is 23.9. The van der Waals surface area contributed by atoms with Gasteiger partial charge in [0.2, 0.25) is 0 Å². The van der Waals surface area contributed by atoms with Crippen molar-refractivity contribution in [3.8, 4) is 22.7 Å². The number of carbonyl (C=O) groups excluding carboxylic acids is 2. The molecule has 178 valence electrons. The van der Waals surface area contributed by atoms with Gasteiger partial charge in [-0.3, -0.25) is 4.90 Å². The first-order valence-electron chi connectivity index (χ1n) is 11.0. The summed E-state index contributed by atoms with van der Waals surface area (Å²) in [6, 6.07) is 16.3. The van der Waals surface area contributed by atoms with Crippen LogP contribution in [-0.2, 0) is 14.2 Å². The van der Waals surface area contributed by atoms with E-state index in [0.29, 0.717) is 36.8 Å². The van der Waals surface area contributed by atoms with Crippen LogP contribution in [0.4, 0.5) is 0 Å². The van der Waals surface area contributed by atoms with E-state index in [9.17, 15) is 9.59 Å². The second kappa shape index (κ2) is 11.0. The van der Waals surface area contributed by atoms with Crippen LogP contribution in [0.1, 0.15) is 20.8 Å². The molecule has 0 N–H and O–H groups in total. The largest absolute Gasteiger partial charge is 0.492 e. The van der Waals surface area contributed by atoms with Crippen molar-refractivity contribution in [2.75, 3.05) is 53.7 Å². The van der Waals surface area contributed by atoms with Crippen LogP contribution in [0.25, 0.3) is 16.9 Å². The number of carbonyl (C=O) groups is 2. The molecule has 0 bridgehead atoms. The fourth-order valence-corrected chi connectivity index (χ4v) is 3.84. The van der Waals surface area contributed by atoms with Crippen molar-refractivity contribution in [2.45, 2.75) is 0 Å². The molecular formula is C25H27N3O6. The highest BCUT2D eigenvalue weighted by molar-refractivity contribution is 6.07. The molecule has 0 radical (unpaired) electrons. The Bertz CT molecular complexity index is 1140. The van der Waals surface area contributed by atoms with E-state index in [2.05, 4.69) is 10.00 Å². The lowest BCUT2D eigenvalue weighted by Gasteiger charge is -2.26. The Hall–Kier alpha value is -3.69. The van der Waals surface area contributed by atoms with E-state index < -0.39 is 11.9 Å². The monoisotopic (exact) mass is 465 g/mol. The predicted octanol–water partition coefficient (Wildman–Crippen LogP) is 2.82. The molecule has 1 aliphatic heterocycles. The summed E-state index contributed by atoms with van der Waals surface area (Å²) in [6.45, 7) is 4.35. The van der Waals surface area contributed by atoms with Crippen LogP contribution < -0.4 is 4.74 Å². The normalized spacial score (nSPS) is 13.9. The average Bonchev–Trinajstić information content (AvgIpc) is 3.30. The van der Waals surface area contributed by atoms with Crippen molar-refractivity contribution in [3.05, 3.63) is 65.9 Å². The van der Waals surface area contributed by atoms with Gasteiger partial charge in [-0.2, -0.15) is 5.10 Å². The van der Waals surface area contributed by atoms with Gasteiger partial charge in [-0.1, -0.05) is 30.3 Å². The van der Waals surface area contributed by atoms with Crippen molar-refractivity contribution < 1.29 is 28.5 Å². The SMILES string of the molecule is COC(=O)c1c(-c2ccccc2OCCN2CCOCC2)nn(-c2ccccc2)c1C(=O)OC. The maximum absolute atomic E-state index is 12.9. The fourth-order valence-electron chi connectivity index (χ4n) is 3.84. The van der Waals surface area contributed by atoms with E-state index in [1.807, 2.05) is 36.4 Å². The zero-order valence-electron chi connectivity index (χ0n) is 19.2. The molecule has 34 heavy (non-hydrogen) atoms.